The topological polar surface area (TPSA) is 66.8 Å². The van der Waals surface area contributed by atoms with Crippen molar-refractivity contribution in [3.05, 3.63) is 76.6 Å². The zero-order valence-electron chi connectivity index (χ0n) is 19.8. The highest BCUT2D eigenvalue weighted by Gasteiger charge is 2.43. The number of carbonyl (C=O) groups excluding carboxylic acids is 2. The number of aliphatic hydroxyl groups is 1. The monoisotopic (exact) mass is 435 g/mol. The molecule has 5 heteroatoms. The van der Waals surface area contributed by atoms with Crippen molar-refractivity contribution < 1.29 is 19.4 Å². The molecule has 0 fully saturated rings. The van der Waals surface area contributed by atoms with Crippen molar-refractivity contribution in [2.45, 2.75) is 52.5 Å². The Morgan fingerprint density at radius 1 is 1.06 bits per heavy atom. The van der Waals surface area contributed by atoms with Crippen molar-refractivity contribution in [2.24, 2.45) is 5.92 Å². The smallest absolute Gasteiger partial charge is 0.290 e. The summed E-state index contributed by atoms with van der Waals surface area (Å²) in [6.45, 7) is 10.4. The van der Waals surface area contributed by atoms with Crippen LogP contribution in [0.15, 0.2) is 59.9 Å². The maximum absolute atomic E-state index is 13.0. The minimum Gasteiger partial charge on any atom is -0.503 e. The number of aliphatic hydroxyl groups excluding tert-OH is 1. The number of amides is 1. The number of ether oxygens (including phenoxy) is 1. The second-order valence-corrected chi connectivity index (χ2v) is 9.65. The van der Waals surface area contributed by atoms with E-state index in [1.807, 2.05) is 48.5 Å². The van der Waals surface area contributed by atoms with Gasteiger partial charge >= 0.3 is 0 Å². The summed E-state index contributed by atoms with van der Waals surface area (Å²) >= 11 is 0. The number of ketones is 1. The second kappa shape index (κ2) is 9.19. The van der Waals surface area contributed by atoms with Crippen LogP contribution in [0.2, 0.25) is 0 Å². The fourth-order valence-corrected chi connectivity index (χ4v) is 4.00. The maximum atomic E-state index is 13.0. The largest absolute Gasteiger partial charge is 0.503 e. The number of carbonyl (C=O) groups is 2. The highest BCUT2D eigenvalue weighted by molar-refractivity contribution is 6.09. The van der Waals surface area contributed by atoms with Crippen LogP contribution in [0.1, 0.15) is 57.4 Å². The zero-order chi connectivity index (χ0) is 23.6. The molecule has 5 nitrogen and oxygen atoms in total. The molecule has 170 valence electrons. The molecule has 2 aromatic rings. The highest BCUT2D eigenvalue weighted by Crippen LogP contribution is 2.39. The van der Waals surface area contributed by atoms with Crippen molar-refractivity contribution in [3.8, 4) is 5.75 Å². The number of benzene rings is 2. The lowest BCUT2D eigenvalue weighted by atomic mass is 9.85. The lowest BCUT2D eigenvalue weighted by molar-refractivity contribution is -0.129. The van der Waals surface area contributed by atoms with Crippen LogP contribution in [-0.2, 0) is 21.4 Å². The molecule has 1 N–H and O–H groups in total. The summed E-state index contributed by atoms with van der Waals surface area (Å²) in [6.07, 6.45) is 0.600. The molecule has 1 aliphatic rings. The van der Waals surface area contributed by atoms with Gasteiger partial charge < -0.3 is 14.7 Å². The first-order valence-corrected chi connectivity index (χ1v) is 11.1. The van der Waals surface area contributed by atoms with E-state index >= 15 is 0 Å². The van der Waals surface area contributed by atoms with E-state index in [0.717, 1.165) is 16.9 Å². The summed E-state index contributed by atoms with van der Waals surface area (Å²) in [5.41, 5.74) is 3.23. The van der Waals surface area contributed by atoms with Crippen LogP contribution in [0.4, 0.5) is 0 Å². The lowest BCUT2D eigenvalue weighted by Crippen LogP contribution is -2.33. The molecule has 0 aliphatic carbocycles. The molecular formula is C27H33NO4. The first kappa shape index (κ1) is 23.6. The van der Waals surface area contributed by atoms with Crippen LogP contribution in [0.5, 0.6) is 5.75 Å². The van der Waals surface area contributed by atoms with E-state index in [-0.39, 0.29) is 22.7 Å². The van der Waals surface area contributed by atoms with Crippen LogP contribution >= 0.6 is 0 Å². The van der Waals surface area contributed by atoms with Gasteiger partial charge in [-0.15, -0.1) is 0 Å². The number of hydrogen-bond acceptors (Lipinski definition) is 4. The molecule has 1 atom stereocenters. The Bertz CT molecular complexity index is 1010. The Morgan fingerprint density at radius 3 is 2.16 bits per heavy atom. The molecule has 2 aromatic carbocycles. The van der Waals surface area contributed by atoms with Crippen LogP contribution in [0, 0.1) is 5.92 Å². The molecule has 0 saturated heterocycles. The summed E-state index contributed by atoms with van der Waals surface area (Å²) in [4.78, 5) is 27.6. The van der Waals surface area contributed by atoms with Gasteiger partial charge in [0.15, 0.2) is 11.5 Å². The zero-order valence-corrected chi connectivity index (χ0v) is 19.8. The normalized spacial score (nSPS) is 16.8. The Kier molecular flexibility index (Phi) is 6.77. The summed E-state index contributed by atoms with van der Waals surface area (Å²) in [7, 11) is 1.62. The van der Waals surface area contributed by atoms with Crippen LogP contribution in [0.3, 0.4) is 0 Å². The maximum Gasteiger partial charge on any atom is 0.290 e. The predicted molar refractivity (Wildman–Crippen MR) is 126 cm³/mol. The van der Waals surface area contributed by atoms with E-state index in [1.54, 1.807) is 25.9 Å². The SMILES string of the molecule is COc1ccc(CCN2C(=O)C(O)=C(C(=O)C(C)C)C2c2ccc(C(C)(C)C)cc2)cc1. The van der Waals surface area contributed by atoms with Crippen LogP contribution in [0.25, 0.3) is 0 Å². The molecular weight excluding hydrogens is 402 g/mol. The van der Waals surface area contributed by atoms with E-state index in [9.17, 15) is 14.7 Å². The highest BCUT2D eigenvalue weighted by atomic mass is 16.5. The average Bonchev–Trinajstić information content (AvgIpc) is 3.01. The number of methoxy groups -OCH3 is 1. The van der Waals surface area contributed by atoms with Crippen molar-refractivity contribution in [1.29, 1.82) is 0 Å². The molecule has 1 heterocycles. The Hall–Kier alpha value is -3.08. The Morgan fingerprint density at radius 2 is 1.66 bits per heavy atom. The van der Waals surface area contributed by atoms with Crippen LogP contribution < -0.4 is 4.74 Å². The standard InChI is InChI=1S/C27H33NO4/c1-17(2)24(29)22-23(19-9-11-20(12-10-19)27(3,4)5)28(26(31)25(22)30)16-15-18-7-13-21(32-6)14-8-18/h7-14,17,23,30H,15-16H2,1-6H3. The quantitative estimate of drug-likeness (QED) is 0.653. The third-order valence-corrected chi connectivity index (χ3v) is 5.99. The molecule has 0 saturated carbocycles. The van der Waals surface area contributed by atoms with Crippen LogP contribution in [-0.4, -0.2) is 35.4 Å². The molecule has 3 rings (SSSR count). The van der Waals surface area contributed by atoms with E-state index in [2.05, 4.69) is 20.8 Å². The van der Waals surface area contributed by atoms with Gasteiger partial charge in [0, 0.05) is 12.5 Å². The average molecular weight is 436 g/mol. The second-order valence-electron chi connectivity index (χ2n) is 9.65. The van der Waals surface area contributed by atoms with Crippen molar-refractivity contribution in [2.75, 3.05) is 13.7 Å². The first-order valence-electron chi connectivity index (χ1n) is 11.1. The number of nitrogens with zero attached hydrogens (tertiary/aromatic N) is 1. The van der Waals surface area contributed by atoms with E-state index in [1.165, 1.54) is 5.56 Å². The summed E-state index contributed by atoms with van der Waals surface area (Å²) < 4.78 is 5.21. The van der Waals surface area contributed by atoms with Gasteiger partial charge in [-0.2, -0.15) is 0 Å². The predicted octanol–water partition coefficient (Wildman–Crippen LogP) is 5.16. The minimum atomic E-state index is -0.593. The van der Waals surface area contributed by atoms with Gasteiger partial charge in [0.25, 0.3) is 5.91 Å². The first-order chi connectivity index (χ1) is 15.0. The van der Waals surface area contributed by atoms with Gasteiger partial charge in [-0.05, 0) is 40.7 Å². The van der Waals surface area contributed by atoms with Gasteiger partial charge in [-0.25, -0.2) is 0 Å². The molecule has 32 heavy (non-hydrogen) atoms. The minimum absolute atomic E-state index is 0.00730. The van der Waals surface area contributed by atoms with Crippen molar-refractivity contribution in [1.82, 2.24) is 4.90 Å². The summed E-state index contributed by atoms with van der Waals surface area (Å²) in [5, 5.41) is 10.7. The Balaban J connectivity index is 1.95. The van der Waals surface area contributed by atoms with Crippen molar-refractivity contribution >= 4 is 11.7 Å². The van der Waals surface area contributed by atoms with E-state index < -0.39 is 17.7 Å². The molecule has 1 unspecified atom stereocenters. The third kappa shape index (κ3) is 4.72. The molecule has 0 spiro atoms. The van der Waals surface area contributed by atoms with Gasteiger partial charge in [0.05, 0.1) is 18.7 Å². The van der Waals surface area contributed by atoms with E-state index in [0.29, 0.717) is 13.0 Å². The van der Waals surface area contributed by atoms with Gasteiger partial charge in [0.2, 0.25) is 0 Å². The fraction of sp³-hybridized carbons (Fsp3) is 0.407. The van der Waals surface area contributed by atoms with E-state index in [4.69, 9.17) is 4.74 Å². The Labute approximate surface area is 190 Å². The van der Waals surface area contributed by atoms with Gasteiger partial charge in [-0.1, -0.05) is 71.0 Å². The number of Topliss-reactive ketones (excluding diaryl/α,β-unsaturated/α-hetero) is 1. The molecule has 0 aromatic heterocycles. The lowest BCUT2D eigenvalue weighted by Gasteiger charge is -2.28. The third-order valence-electron chi connectivity index (χ3n) is 5.99. The number of hydrogen-bond donors (Lipinski definition) is 1. The molecule has 1 aliphatic heterocycles. The number of rotatable bonds is 7. The molecule has 1 amide bonds. The summed E-state index contributed by atoms with van der Waals surface area (Å²) in [5.74, 6) is -0.673. The molecule has 0 radical (unpaired) electrons. The van der Waals surface area contributed by atoms with Gasteiger partial charge in [0.1, 0.15) is 5.75 Å². The summed E-state index contributed by atoms with van der Waals surface area (Å²) in [6, 6.07) is 15.1. The fourth-order valence-electron chi connectivity index (χ4n) is 4.00. The molecule has 0 bridgehead atoms. The van der Waals surface area contributed by atoms with Gasteiger partial charge in [-0.3, -0.25) is 9.59 Å². The van der Waals surface area contributed by atoms with Crippen molar-refractivity contribution in [3.63, 3.8) is 0 Å².